The summed E-state index contributed by atoms with van der Waals surface area (Å²) in [6, 6.07) is 0. The molecular formula is C7H7ClO4S2. The van der Waals surface area contributed by atoms with Crippen molar-refractivity contribution < 1.29 is 17.9 Å². The number of halogens is 1. The van der Waals surface area contributed by atoms with Gasteiger partial charge in [0.2, 0.25) is 0 Å². The molecule has 7 heteroatoms. The molecular weight excluding hydrogens is 248 g/mol. The molecule has 0 unspecified atom stereocenters. The molecule has 0 bridgehead atoms. The molecule has 4 nitrogen and oxygen atoms in total. The number of rotatable bonds is 4. The SMILES string of the molecule is Cc1scc(COC=O)c1S(=O)(=O)Cl. The molecule has 78 valence electrons. The zero-order valence-corrected chi connectivity index (χ0v) is 9.58. The lowest BCUT2D eigenvalue weighted by Crippen LogP contribution is -1.98. The van der Waals surface area contributed by atoms with Crippen LogP contribution in [0.4, 0.5) is 0 Å². The van der Waals surface area contributed by atoms with E-state index in [-0.39, 0.29) is 18.0 Å². The van der Waals surface area contributed by atoms with Crippen LogP contribution in [0.25, 0.3) is 0 Å². The Balaban J connectivity index is 3.13. The molecule has 0 radical (unpaired) electrons. The van der Waals surface area contributed by atoms with Crippen molar-refractivity contribution in [1.29, 1.82) is 0 Å². The average molecular weight is 255 g/mol. The van der Waals surface area contributed by atoms with E-state index in [1.807, 2.05) is 0 Å². The normalized spacial score (nSPS) is 11.3. The Morgan fingerprint density at radius 3 is 2.79 bits per heavy atom. The lowest BCUT2D eigenvalue weighted by Gasteiger charge is -2.00. The van der Waals surface area contributed by atoms with Crippen LogP contribution in [0, 0.1) is 6.92 Å². The quantitative estimate of drug-likeness (QED) is 0.606. The molecule has 0 aliphatic rings. The molecule has 0 aromatic carbocycles. The summed E-state index contributed by atoms with van der Waals surface area (Å²) in [7, 11) is 1.46. The first-order valence-electron chi connectivity index (χ1n) is 3.53. The van der Waals surface area contributed by atoms with Gasteiger partial charge in [0.15, 0.2) is 0 Å². The minimum absolute atomic E-state index is 0.0472. The van der Waals surface area contributed by atoms with Crippen molar-refractivity contribution in [3.63, 3.8) is 0 Å². The Labute approximate surface area is 89.9 Å². The molecule has 1 heterocycles. The van der Waals surface area contributed by atoms with Crippen molar-refractivity contribution >= 4 is 37.5 Å². The number of thiophene rings is 1. The summed E-state index contributed by atoms with van der Waals surface area (Å²) < 4.78 is 26.7. The number of carbonyl (C=O) groups excluding carboxylic acids is 1. The van der Waals surface area contributed by atoms with Crippen LogP contribution in [0.5, 0.6) is 0 Å². The first kappa shape index (κ1) is 11.5. The van der Waals surface area contributed by atoms with Gasteiger partial charge in [0, 0.05) is 21.1 Å². The van der Waals surface area contributed by atoms with Gasteiger partial charge in [-0.3, -0.25) is 4.79 Å². The Bertz CT molecular complexity index is 435. The maximum atomic E-state index is 11.1. The van der Waals surface area contributed by atoms with Crippen LogP contribution in [0.1, 0.15) is 10.4 Å². The summed E-state index contributed by atoms with van der Waals surface area (Å²) in [4.78, 5) is 10.6. The van der Waals surface area contributed by atoms with Gasteiger partial charge in [-0.2, -0.15) is 0 Å². The Morgan fingerprint density at radius 2 is 2.29 bits per heavy atom. The highest BCUT2D eigenvalue weighted by Crippen LogP contribution is 2.29. The molecule has 0 spiro atoms. The molecule has 1 rings (SSSR count). The number of hydrogen-bond acceptors (Lipinski definition) is 5. The Morgan fingerprint density at radius 1 is 1.64 bits per heavy atom. The van der Waals surface area contributed by atoms with Crippen LogP contribution in [0.15, 0.2) is 10.3 Å². The summed E-state index contributed by atoms with van der Waals surface area (Å²) in [6.07, 6.45) is 0. The summed E-state index contributed by atoms with van der Waals surface area (Å²) in [5.74, 6) is 0. The second-order valence-corrected chi connectivity index (χ2v) is 6.08. The molecule has 1 aromatic rings. The molecule has 0 saturated heterocycles. The lowest BCUT2D eigenvalue weighted by molar-refractivity contribution is -0.129. The highest BCUT2D eigenvalue weighted by molar-refractivity contribution is 8.13. The van der Waals surface area contributed by atoms with Gasteiger partial charge in [-0.1, -0.05) is 0 Å². The van der Waals surface area contributed by atoms with E-state index in [2.05, 4.69) is 4.74 Å². The van der Waals surface area contributed by atoms with Gasteiger partial charge in [0.25, 0.3) is 15.5 Å². The van der Waals surface area contributed by atoms with E-state index >= 15 is 0 Å². The lowest BCUT2D eigenvalue weighted by atomic mass is 10.3. The summed E-state index contributed by atoms with van der Waals surface area (Å²) in [6.45, 7) is 1.83. The maximum Gasteiger partial charge on any atom is 0.293 e. The largest absolute Gasteiger partial charge is 0.463 e. The van der Waals surface area contributed by atoms with Crippen molar-refractivity contribution in [2.75, 3.05) is 0 Å². The minimum atomic E-state index is -3.76. The fourth-order valence-electron chi connectivity index (χ4n) is 1.04. The molecule has 14 heavy (non-hydrogen) atoms. The van der Waals surface area contributed by atoms with E-state index < -0.39 is 9.05 Å². The predicted octanol–water partition coefficient (Wildman–Crippen LogP) is 1.66. The summed E-state index contributed by atoms with van der Waals surface area (Å²) in [5.41, 5.74) is 0.412. The highest BCUT2D eigenvalue weighted by atomic mass is 35.7. The number of carbonyl (C=O) groups is 1. The van der Waals surface area contributed by atoms with Gasteiger partial charge in [-0.15, -0.1) is 11.3 Å². The van der Waals surface area contributed by atoms with Gasteiger partial charge in [-0.05, 0) is 12.3 Å². The van der Waals surface area contributed by atoms with Crippen molar-refractivity contribution in [3.8, 4) is 0 Å². The van der Waals surface area contributed by atoms with E-state index in [1.54, 1.807) is 12.3 Å². The van der Waals surface area contributed by atoms with Crippen LogP contribution in [0.2, 0.25) is 0 Å². The van der Waals surface area contributed by atoms with E-state index in [0.717, 1.165) is 0 Å². The van der Waals surface area contributed by atoms with Crippen molar-refractivity contribution in [2.24, 2.45) is 0 Å². The van der Waals surface area contributed by atoms with E-state index in [1.165, 1.54) is 11.3 Å². The minimum Gasteiger partial charge on any atom is -0.463 e. The second-order valence-electron chi connectivity index (χ2n) is 2.49. The fraction of sp³-hybridized carbons (Fsp3) is 0.286. The summed E-state index contributed by atoms with van der Waals surface area (Å²) in [5, 5.41) is 1.61. The Hall–Kier alpha value is -0.590. The molecule has 1 aromatic heterocycles. The molecule has 0 atom stereocenters. The van der Waals surface area contributed by atoms with Gasteiger partial charge in [-0.25, -0.2) is 8.42 Å². The topological polar surface area (TPSA) is 60.4 Å². The van der Waals surface area contributed by atoms with Crippen LogP contribution < -0.4 is 0 Å². The number of ether oxygens (including phenoxy) is 1. The monoisotopic (exact) mass is 254 g/mol. The fourth-order valence-corrected chi connectivity index (χ4v) is 3.89. The van der Waals surface area contributed by atoms with Crippen molar-refractivity contribution in [3.05, 3.63) is 15.8 Å². The highest BCUT2D eigenvalue weighted by Gasteiger charge is 2.20. The van der Waals surface area contributed by atoms with E-state index in [9.17, 15) is 13.2 Å². The standard InChI is InChI=1S/C7H7ClO4S2/c1-5-7(14(8,10)11)6(3-13-5)2-12-4-9/h3-4H,2H2,1H3. The van der Waals surface area contributed by atoms with Crippen molar-refractivity contribution in [1.82, 2.24) is 0 Å². The van der Waals surface area contributed by atoms with Crippen molar-refractivity contribution in [2.45, 2.75) is 18.4 Å². The third kappa shape index (κ3) is 2.46. The van der Waals surface area contributed by atoms with Gasteiger partial charge in [0.1, 0.15) is 11.5 Å². The average Bonchev–Trinajstić information content (AvgIpc) is 2.42. The van der Waals surface area contributed by atoms with Gasteiger partial charge < -0.3 is 4.74 Å². The van der Waals surface area contributed by atoms with Crippen LogP contribution >= 0.6 is 22.0 Å². The van der Waals surface area contributed by atoms with E-state index in [0.29, 0.717) is 10.4 Å². The molecule has 0 aliphatic carbocycles. The number of hydrogen-bond donors (Lipinski definition) is 0. The summed E-state index contributed by atoms with van der Waals surface area (Å²) >= 11 is 1.25. The zero-order chi connectivity index (χ0) is 10.8. The van der Waals surface area contributed by atoms with Gasteiger partial charge in [0.05, 0.1) is 0 Å². The van der Waals surface area contributed by atoms with E-state index in [4.69, 9.17) is 10.7 Å². The first-order chi connectivity index (χ1) is 6.46. The smallest absolute Gasteiger partial charge is 0.293 e. The first-order valence-corrected chi connectivity index (χ1v) is 6.72. The second kappa shape index (κ2) is 4.29. The van der Waals surface area contributed by atoms with Crippen LogP contribution in [-0.2, 0) is 25.2 Å². The molecule has 0 fully saturated rings. The molecule has 0 aliphatic heterocycles. The third-order valence-corrected chi connectivity index (χ3v) is 4.15. The van der Waals surface area contributed by atoms with Crippen LogP contribution in [0.3, 0.4) is 0 Å². The maximum absolute atomic E-state index is 11.1. The molecule has 0 saturated carbocycles. The number of aryl methyl sites for hydroxylation is 1. The van der Waals surface area contributed by atoms with Crippen LogP contribution in [-0.4, -0.2) is 14.9 Å². The molecule has 0 N–H and O–H groups in total. The van der Waals surface area contributed by atoms with Gasteiger partial charge >= 0.3 is 0 Å². The zero-order valence-electron chi connectivity index (χ0n) is 7.19. The predicted molar refractivity (Wildman–Crippen MR) is 52.9 cm³/mol. The Kier molecular flexibility index (Phi) is 3.52. The third-order valence-electron chi connectivity index (χ3n) is 1.54. The molecule has 0 amide bonds.